The largest absolute Gasteiger partial charge is 0.481 e. The molecule has 2 aromatic heterocycles. The molecular weight excluding hydrogens is 730 g/mol. The Morgan fingerprint density at radius 2 is 1.58 bits per heavy atom. The number of amides is 1. The van der Waals surface area contributed by atoms with Crippen LogP contribution in [0, 0.1) is 0 Å². The molecule has 2 aliphatic heterocycles. The van der Waals surface area contributed by atoms with Crippen molar-refractivity contribution < 1.29 is 45.3 Å². The first-order valence-electron chi connectivity index (χ1n) is 18.1. The molecule has 3 atom stereocenters. The van der Waals surface area contributed by atoms with Crippen LogP contribution >= 0.6 is 0 Å². The molecule has 4 aromatic rings. The number of alkyl halides is 6. The molecule has 4 heterocycles. The summed E-state index contributed by atoms with van der Waals surface area (Å²) >= 11 is 0. The molecule has 10 nitrogen and oxygen atoms in total. The molecule has 2 aliphatic rings. The summed E-state index contributed by atoms with van der Waals surface area (Å²) < 4.78 is 102. The first kappa shape index (κ1) is 39.7. The summed E-state index contributed by atoms with van der Waals surface area (Å²) in [6, 6.07) is 11.8. The molecule has 1 N–H and O–H groups in total. The summed E-state index contributed by atoms with van der Waals surface area (Å²) in [6.45, 7) is 5.40. The zero-order valence-electron chi connectivity index (χ0n) is 30.5. The normalized spacial score (nSPS) is 18.5. The van der Waals surface area contributed by atoms with Gasteiger partial charge in [0.15, 0.2) is 0 Å². The fourth-order valence-corrected chi connectivity index (χ4v) is 7.02. The quantitative estimate of drug-likeness (QED) is 0.150. The molecule has 0 radical (unpaired) electrons. The van der Waals surface area contributed by atoms with Crippen LogP contribution in [0.15, 0.2) is 73.1 Å². The minimum atomic E-state index is -5.08. The standard InChI is InChI=1S/C39H42F6N6O4/c1-4-28-20-31(35-32(11-12-33(49-35)53-3)51(28)37(52)54-5-2)48-34(25-17-26(38(40,41)42)19-27(18-25)39(43,44)45)36-46-21-29(22-47-36)50-15-13-30(14-16-50)55-23-24-9-7-6-8-10-24/h6-12,17-19,21-22,28,30-31,34,48H,4-5,13-16,20,23H2,1-3H3/t28-,31+,34?/m1/s1. The molecule has 1 unspecified atom stereocenters. The number of methoxy groups -OCH3 is 1. The number of nitrogens with zero attached hydrogens (tertiary/aromatic N) is 5. The van der Waals surface area contributed by atoms with Gasteiger partial charge in [-0.1, -0.05) is 37.3 Å². The highest BCUT2D eigenvalue weighted by Crippen LogP contribution is 2.42. The van der Waals surface area contributed by atoms with E-state index in [1.54, 1.807) is 19.1 Å². The van der Waals surface area contributed by atoms with Gasteiger partial charge in [0.25, 0.3) is 0 Å². The third-order valence-electron chi connectivity index (χ3n) is 9.85. The molecule has 0 spiro atoms. The van der Waals surface area contributed by atoms with Crippen molar-refractivity contribution in [3.05, 3.63) is 107 Å². The number of halogens is 6. The van der Waals surface area contributed by atoms with Crippen molar-refractivity contribution in [2.45, 2.75) is 82.7 Å². The van der Waals surface area contributed by atoms with E-state index in [4.69, 9.17) is 14.2 Å². The lowest BCUT2D eigenvalue weighted by Gasteiger charge is -2.40. The highest BCUT2D eigenvalue weighted by Gasteiger charge is 2.41. The molecule has 0 aliphatic carbocycles. The zero-order chi connectivity index (χ0) is 39.3. The monoisotopic (exact) mass is 772 g/mol. The van der Waals surface area contributed by atoms with E-state index in [0.29, 0.717) is 55.3 Å². The SMILES string of the molecule is CCOC(=O)N1c2ccc(OC)nc2[C@@H](NC(c2cc(C(F)(F)F)cc(C(F)(F)F)c2)c2ncc(N3CCC(OCc4ccccc4)CC3)cn2)C[C@H]1CC. The van der Waals surface area contributed by atoms with Gasteiger partial charge in [0, 0.05) is 25.2 Å². The number of benzene rings is 2. The molecule has 6 rings (SSSR count). The average molecular weight is 773 g/mol. The van der Waals surface area contributed by atoms with Crippen LogP contribution in [0.3, 0.4) is 0 Å². The third kappa shape index (κ3) is 9.30. The van der Waals surface area contributed by atoms with Crippen molar-refractivity contribution in [3.63, 3.8) is 0 Å². The second kappa shape index (κ2) is 16.8. The smallest absolute Gasteiger partial charge is 0.416 e. The molecule has 294 valence electrons. The van der Waals surface area contributed by atoms with Gasteiger partial charge < -0.3 is 19.1 Å². The Morgan fingerprint density at radius 1 is 0.927 bits per heavy atom. The molecule has 2 aromatic carbocycles. The Kier molecular flexibility index (Phi) is 12.1. The number of piperidine rings is 1. The average Bonchev–Trinajstić information content (AvgIpc) is 3.18. The Balaban J connectivity index is 1.34. The zero-order valence-corrected chi connectivity index (χ0v) is 30.5. The second-order valence-corrected chi connectivity index (χ2v) is 13.4. The molecule has 1 fully saturated rings. The predicted octanol–water partition coefficient (Wildman–Crippen LogP) is 8.67. The van der Waals surface area contributed by atoms with Gasteiger partial charge in [-0.2, -0.15) is 26.3 Å². The maximum Gasteiger partial charge on any atom is 0.416 e. The molecule has 1 saturated heterocycles. The van der Waals surface area contributed by atoms with Crippen molar-refractivity contribution in [2.75, 3.05) is 36.6 Å². The first-order valence-corrected chi connectivity index (χ1v) is 18.1. The summed E-state index contributed by atoms with van der Waals surface area (Å²) in [4.78, 5) is 30.3. The van der Waals surface area contributed by atoms with Crippen LogP contribution in [-0.4, -0.2) is 60.0 Å². The highest BCUT2D eigenvalue weighted by atomic mass is 19.4. The number of hydrogen-bond donors (Lipinski definition) is 1. The number of ether oxygens (including phenoxy) is 3. The number of hydrogen-bond acceptors (Lipinski definition) is 9. The van der Waals surface area contributed by atoms with E-state index in [9.17, 15) is 31.1 Å². The predicted molar refractivity (Wildman–Crippen MR) is 192 cm³/mol. The van der Waals surface area contributed by atoms with Gasteiger partial charge in [-0.3, -0.25) is 10.2 Å². The number of anilines is 2. The molecule has 55 heavy (non-hydrogen) atoms. The summed E-state index contributed by atoms with van der Waals surface area (Å²) in [5, 5.41) is 3.25. The van der Waals surface area contributed by atoms with Crippen LogP contribution in [0.25, 0.3) is 0 Å². The number of aromatic nitrogens is 3. The van der Waals surface area contributed by atoms with Gasteiger partial charge in [0.05, 0.1) is 79.1 Å². The molecular formula is C39H42F6N6O4. The lowest BCUT2D eigenvalue weighted by atomic mass is 9.91. The van der Waals surface area contributed by atoms with Gasteiger partial charge in [-0.25, -0.2) is 19.7 Å². The Hall–Kier alpha value is -4.96. The van der Waals surface area contributed by atoms with E-state index in [1.165, 1.54) is 24.4 Å². The van der Waals surface area contributed by atoms with E-state index in [2.05, 4.69) is 25.2 Å². The highest BCUT2D eigenvalue weighted by molar-refractivity contribution is 5.90. The molecule has 16 heteroatoms. The number of fused-ring (bicyclic) bond motifs is 1. The van der Waals surface area contributed by atoms with Gasteiger partial charge in [-0.05, 0) is 68.0 Å². The van der Waals surface area contributed by atoms with Crippen LogP contribution in [0.5, 0.6) is 5.88 Å². The van der Waals surface area contributed by atoms with Crippen LogP contribution in [0.1, 0.15) is 85.4 Å². The number of carbonyl (C=O) groups excluding carboxylic acids is 1. The third-order valence-corrected chi connectivity index (χ3v) is 9.85. The molecule has 1 amide bonds. The van der Waals surface area contributed by atoms with E-state index in [-0.39, 0.29) is 42.5 Å². The van der Waals surface area contributed by atoms with Crippen molar-refractivity contribution in [2.24, 2.45) is 0 Å². The number of pyridine rings is 1. The van der Waals surface area contributed by atoms with Crippen LogP contribution < -0.4 is 19.9 Å². The second-order valence-electron chi connectivity index (χ2n) is 13.4. The fourth-order valence-electron chi connectivity index (χ4n) is 7.02. The van der Waals surface area contributed by atoms with Gasteiger partial charge in [0.1, 0.15) is 5.82 Å². The van der Waals surface area contributed by atoms with Crippen LogP contribution in [0.4, 0.5) is 42.5 Å². The van der Waals surface area contributed by atoms with Crippen molar-refractivity contribution in [3.8, 4) is 5.88 Å². The maximum absolute atomic E-state index is 14.1. The Morgan fingerprint density at radius 3 is 2.16 bits per heavy atom. The summed E-state index contributed by atoms with van der Waals surface area (Å²) in [6.07, 6.45) is -5.57. The minimum Gasteiger partial charge on any atom is -0.481 e. The topological polar surface area (TPSA) is 102 Å². The van der Waals surface area contributed by atoms with Crippen LogP contribution in [-0.2, 0) is 28.4 Å². The fraction of sp³-hybridized carbons (Fsp3) is 0.436. The number of rotatable bonds is 11. The van der Waals surface area contributed by atoms with Gasteiger partial charge >= 0.3 is 18.4 Å². The maximum atomic E-state index is 14.1. The van der Waals surface area contributed by atoms with E-state index < -0.39 is 47.7 Å². The van der Waals surface area contributed by atoms with Crippen molar-refractivity contribution >= 4 is 17.5 Å². The van der Waals surface area contributed by atoms with Crippen molar-refractivity contribution in [1.29, 1.82) is 0 Å². The Labute approximate surface area is 314 Å². The summed E-state index contributed by atoms with van der Waals surface area (Å²) in [5.74, 6) is 0.136. The lowest BCUT2D eigenvalue weighted by Crippen LogP contribution is -2.48. The number of carbonyl (C=O) groups is 1. The van der Waals surface area contributed by atoms with E-state index >= 15 is 0 Å². The summed E-state index contributed by atoms with van der Waals surface area (Å²) in [5.41, 5.74) is -0.914. The number of nitrogens with one attached hydrogen (secondary N) is 1. The van der Waals surface area contributed by atoms with E-state index in [1.807, 2.05) is 37.3 Å². The Bertz CT molecular complexity index is 1870. The minimum absolute atomic E-state index is 0.0475. The first-order chi connectivity index (χ1) is 26.3. The van der Waals surface area contributed by atoms with Gasteiger partial charge in [-0.15, -0.1) is 0 Å². The van der Waals surface area contributed by atoms with E-state index in [0.717, 1.165) is 18.4 Å². The van der Waals surface area contributed by atoms with Gasteiger partial charge in [0.2, 0.25) is 5.88 Å². The van der Waals surface area contributed by atoms with Crippen LogP contribution in [0.2, 0.25) is 0 Å². The summed E-state index contributed by atoms with van der Waals surface area (Å²) in [7, 11) is 1.40. The molecule has 0 saturated carbocycles. The lowest BCUT2D eigenvalue weighted by molar-refractivity contribution is -0.143. The van der Waals surface area contributed by atoms with Crippen molar-refractivity contribution in [1.82, 2.24) is 20.3 Å². The molecule has 0 bridgehead atoms.